The molecule has 1 amide bonds. The van der Waals surface area contributed by atoms with Crippen LogP contribution < -0.4 is 5.73 Å². The second kappa shape index (κ2) is 17.8. The van der Waals surface area contributed by atoms with Crippen molar-refractivity contribution in [2.24, 2.45) is 5.73 Å². The maximum atomic E-state index is 8.91. The Balaban J connectivity index is 0. The summed E-state index contributed by atoms with van der Waals surface area (Å²) in [5.41, 5.74) is 4.17. The van der Waals surface area contributed by atoms with E-state index in [-0.39, 0.29) is 12.5 Å². The Kier molecular flexibility index (Phi) is 19.6. The van der Waals surface area contributed by atoms with Crippen molar-refractivity contribution in [1.82, 2.24) is 0 Å². The molecule has 0 heterocycles. The molecule has 0 bridgehead atoms. The van der Waals surface area contributed by atoms with Crippen LogP contribution in [0.2, 0.25) is 0 Å². The maximum absolute atomic E-state index is 8.91. The number of amides is 1. The standard InChI is InChI=1S/C6H12O.C6H14O.CH3NO/c7-6-4-2-1-3-5-6;1-2-3-4-5-6-7;2-1-3/h6-7H,1-5H2;7H,2-6H2,1H3;1H,(H2,2,3). The minimum absolute atomic E-state index is 0.0359. The Morgan fingerprint density at radius 2 is 1.71 bits per heavy atom. The number of carbonyl (C=O) groups excluding carboxylic acids is 1. The Bertz CT molecular complexity index is 133. The molecule has 0 unspecified atom stereocenters. The molecule has 0 radical (unpaired) electrons. The lowest BCUT2D eigenvalue weighted by Crippen LogP contribution is -2.09. The van der Waals surface area contributed by atoms with Gasteiger partial charge in [-0.15, -0.1) is 0 Å². The van der Waals surface area contributed by atoms with E-state index in [1.807, 2.05) is 0 Å². The van der Waals surface area contributed by atoms with Gasteiger partial charge in [-0.05, 0) is 19.3 Å². The van der Waals surface area contributed by atoms with Gasteiger partial charge in [0.1, 0.15) is 0 Å². The summed E-state index contributed by atoms with van der Waals surface area (Å²) in [6, 6.07) is 0. The number of hydrogen-bond acceptors (Lipinski definition) is 3. The Labute approximate surface area is 105 Å². The number of nitrogens with two attached hydrogens (primary N) is 1. The van der Waals surface area contributed by atoms with Crippen molar-refractivity contribution in [1.29, 1.82) is 0 Å². The summed E-state index contributed by atoms with van der Waals surface area (Å²) < 4.78 is 0. The molecule has 1 saturated carbocycles. The van der Waals surface area contributed by atoms with Gasteiger partial charge in [-0.2, -0.15) is 0 Å². The lowest BCUT2D eigenvalue weighted by atomic mass is 9.98. The summed E-state index contributed by atoms with van der Waals surface area (Å²) in [5, 5.41) is 17.2. The average molecular weight is 247 g/mol. The molecule has 0 aromatic heterocycles. The van der Waals surface area contributed by atoms with Gasteiger partial charge in [0.15, 0.2) is 0 Å². The fraction of sp³-hybridized carbons (Fsp3) is 0.923. The van der Waals surface area contributed by atoms with Crippen molar-refractivity contribution < 1.29 is 15.0 Å². The van der Waals surface area contributed by atoms with Crippen LogP contribution in [0.3, 0.4) is 0 Å². The van der Waals surface area contributed by atoms with Crippen LogP contribution in [0.25, 0.3) is 0 Å². The molecule has 1 fully saturated rings. The monoisotopic (exact) mass is 247 g/mol. The van der Waals surface area contributed by atoms with Crippen LogP contribution in [-0.4, -0.2) is 29.3 Å². The minimum Gasteiger partial charge on any atom is -0.396 e. The third kappa shape index (κ3) is 21.3. The van der Waals surface area contributed by atoms with Crippen LogP contribution in [0.1, 0.15) is 64.7 Å². The predicted octanol–water partition coefficient (Wildman–Crippen LogP) is 1.97. The second-order valence-corrected chi connectivity index (χ2v) is 4.21. The molecule has 0 aromatic carbocycles. The Morgan fingerprint density at radius 3 is 2.00 bits per heavy atom. The van der Waals surface area contributed by atoms with E-state index in [2.05, 4.69) is 12.7 Å². The lowest BCUT2D eigenvalue weighted by molar-refractivity contribution is -0.106. The smallest absolute Gasteiger partial charge is 0.204 e. The highest BCUT2D eigenvalue weighted by molar-refractivity contribution is 5.42. The van der Waals surface area contributed by atoms with Gasteiger partial charge in [0.05, 0.1) is 6.10 Å². The molecule has 1 aliphatic rings. The third-order valence-corrected chi connectivity index (χ3v) is 2.59. The SMILES string of the molecule is CCCCCCO.NC=O.OC1CCCCC1. The fourth-order valence-corrected chi connectivity index (χ4v) is 1.62. The molecule has 4 nitrogen and oxygen atoms in total. The first kappa shape index (κ1) is 18.7. The van der Waals surface area contributed by atoms with Crippen molar-refractivity contribution >= 4 is 6.41 Å². The van der Waals surface area contributed by atoms with Crippen molar-refractivity contribution in [2.45, 2.75) is 70.8 Å². The first-order valence-corrected chi connectivity index (χ1v) is 6.67. The summed E-state index contributed by atoms with van der Waals surface area (Å²) in [5.74, 6) is 0. The molecule has 4 heteroatoms. The van der Waals surface area contributed by atoms with Gasteiger partial charge in [-0.25, -0.2) is 0 Å². The van der Waals surface area contributed by atoms with Crippen molar-refractivity contribution in [2.75, 3.05) is 6.61 Å². The van der Waals surface area contributed by atoms with Gasteiger partial charge in [0.2, 0.25) is 6.41 Å². The Hall–Kier alpha value is -0.610. The first-order valence-electron chi connectivity index (χ1n) is 6.67. The van der Waals surface area contributed by atoms with Crippen LogP contribution in [0.5, 0.6) is 0 Å². The van der Waals surface area contributed by atoms with Gasteiger partial charge in [-0.3, -0.25) is 4.79 Å². The zero-order valence-corrected chi connectivity index (χ0v) is 11.1. The number of unbranched alkanes of at least 4 members (excludes halogenated alkanes) is 3. The topological polar surface area (TPSA) is 83.5 Å². The number of primary amides is 1. The van der Waals surface area contributed by atoms with Crippen LogP contribution >= 0.6 is 0 Å². The highest BCUT2D eigenvalue weighted by Crippen LogP contribution is 2.16. The molecule has 104 valence electrons. The second-order valence-electron chi connectivity index (χ2n) is 4.21. The zero-order valence-electron chi connectivity index (χ0n) is 11.1. The number of hydrogen-bond donors (Lipinski definition) is 3. The zero-order chi connectivity index (χ0) is 13.4. The highest BCUT2D eigenvalue weighted by Gasteiger charge is 2.07. The molecule has 17 heavy (non-hydrogen) atoms. The quantitative estimate of drug-likeness (QED) is 0.524. The van der Waals surface area contributed by atoms with E-state index in [1.54, 1.807) is 0 Å². The largest absolute Gasteiger partial charge is 0.396 e. The number of aliphatic hydroxyl groups is 2. The molecule has 0 aromatic rings. The van der Waals surface area contributed by atoms with Gasteiger partial charge < -0.3 is 15.9 Å². The van der Waals surface area contributed by atoms with E-state index < -0.39 is 0 Å². The van der Waals surface area contributed by atoms with Gasteiger partial charge in [0.25, 0.3) is 0 Å². The normalized spacial score (nSPS) is 15.0. The fourth-order valence-electron chi connectivity index (χ4n) is 1.62. The lowest BCUT2D eigenvalue weighted by Gasteiger charge is -2.14. The summed E-state index contributed by atoms with van der Waals surface area (Å²) in [6.45, 7) is 2.53. The van der Waals surface area contributed by atoms with E-state index in [4.69, 9.17) is 15.0 Å². The molecule has 0 atom stereocenters. The van der Waals surface area contributed by atoms with Crippen LogP contribution in [0.4, 0.5) is 0 Å². The van der Waals surface area contributed by atoms with Gasteiger partial charge in [0, 0.05) is 6.61 Å². The van der Waals surface area contributed by atoms with E-state index in [0.29, 0.717) is 6.61 Å². The number of aliphatic hydroxyl groups excluding tert-OH is 2. The summed E-state index contributed by atoms with van der Waals surface area (Å²) in [7, 11) is 0. The number of carbonyl (C=O) groups is 1. The Morgan fingerprint density at radius 1 is 1.18 bits per heavy atom. The molecule has 4 N–H and O–H groups in total. The first-order chi connectivity index (χ1) is 8.22. The van der Waals surface area contributed by atoms with Crippen LogP contribution in [0, 0.1) is 0 Å². The molecule has 1 rings (SSSR count). The molecule has 0 saturated heterocycles. The van der Waals surface area contributed by atoms with E-state index in [0.717, 1.165) is 19.3 Å². The molecular formula is C13H29NO3. The van der Waals surface area contributed by atoms with Gasteiger partial charge >= 0.3 is 0 Å². The molecule has 1 aliphatic carbocycles. The van der Waals surface area contributed by atoms with Crippen molar-refractivity contribution in [3.8, 4) is 0 Å². The third-order valence-electron chi connectivity index (χ3n) is 2.59. The van der Waals surface area contributed by atoms with E-state index in [1.165, 1.54) is 38.5 Å². The summed E-state index contributed by atoms with van der Waals surface area (Å²) >= 11 is 0. The number of rotatable bonds is 4. The van der Waals surface area contributed by atoms with Crippen molar-refractivity contribution in [3.63, 3.8) is 0 Å². The van der Waals surface area contributed by atoms with Crippen LogP contribution in [-0.2, 0) is 4.79 Å². The summed E-state index contributed by atoms with van der Waals surface area (Å²) in [4.78, 5) is 8.58. The molecule has 0 spiro atoms. The van der Waals surface area contributed by atoms with Crippen molar-refractivity contribution in [3.05, 3.63) is 0 Å². The minimum atomic E-state index is 0.0359. The van der Waals surface area contributed by atoms with E-state index >= 15 is 0 Å². The summed E-state index contributed by atoms with van der Waals surface area (Å²) in [6.07, 6.45) is 10.9. The maximum Gasteiger partial charge on any atom is 0.204 e. The van der Waals surface area contributed by atoms with Crippen LogP contribution in [0.15, 0.2) is 0 Å². The predicted molar refractivity (Wildman–Crippen MR) is 70.6 cm³/mol. The van der Waals surface area contributed by atoms with Gasteiger partial charge in [-0.1, -0.05) is 45.4 Å². The average Bonchev–Trinajstić information content (AvgIpc) is 2.33. The highest BCUT2D eigenvalue weighted by atomic mass is 16.3. The molecule has 0 aliphatic heterocycles. The van der Waals surface area contributed by atoms with E-state index in [9.17, 15) is 0 Å². The molecular weight excluding hydrogens is 218 g/mol.